The summed E-state index contributed by atoms with van der Waals surface area (Å²) in [6, 6.07) is 13.3. The summed E-state index contributed by atoms with van der Waals surface area (Å²) in [6.07, 6.45) is 1.62. The maximum Gasteiger partial charge on any atom is 0.279 e. The molecule has 3 heterocycles. The van der Waals surface area contributed by atoms with Gasteiger partial charge in [-0.3, -0.25) is 4.79 Å². The zero-order valence-corrected chi connectivity index (χ0v) is 12.3. The molecular weight excluding hydrogens is 298 g/mol. The van der Waals surface area contributed by atoms with Gasteiger partial charge < -0.3 is 9.84 Å². The lowest BCUT2D eigenvalue weighted by atomic mass is 10.1. The standard InChI is InChI=1S/C16H11N3O2S/c20-16(18-13-7-3-4-8-17-13)14-11-9-22-12-6-2-1-5-10(12)15(11)21-19-14/h1-8H,9H2,(H,17,18,20). The average Bonchev–Trinajstić information content (AvgIpc) is 3.00. The normalized spacial score (nSPS) is 12.4. The van der Waals surface area contributed by atoms with E-state index in [1.54, 1.807) is 30.1 Å². The van der Waals surface area contributed by atoms with Gasteiger partial charge in [-0.1, -0.05) is 23.4 Å². The van der Waals surface area contributed by atoms with Crippen LogP contribution in [-0.4, -0.2) is 16.0 Å². The third-order valence-corrected chi connectivity index (χ3v) is 4.51. The molecule has 0 fully saturated rings. The largest absolute Gasteiger partial charge is 0.355 e. The van der Waals surface area contributed by atoms with Crippen LogP contribution in [0.15, 0.2) is 58.1 Å². The number of carbonyl (C=O) groups is 1. The van der Waals surface area contributed by atoms with Crippen molar-refractivity contribution < 1.29 is 9.32 Å². The molecule has 3 aromatic rings. The Morgan fingerprint density at radius 1 is 1.18 bits per heavy atom. The molecule has 108 valence electrons. The second-order valence-corrected chi connectivity index (χ2v) is 5.81. The molecule has 1 aromatic carbocycles. The first-order valence-electron chi connectivity index (χ1n) is 6.76. The number of nitrogens with zero attached hydrogens (tertiary/aromatic N) is 2. The van der Waals surface area contributed by atoms with Gasteiger partial charge >= 0.3 is 0 Å². The molecule has 0 unspecified atom stereocenters. The number of fused-ring (bicyclic) bond motifs is 3. The van der Waals surface area contributed by atoms with Crippen LogP contribution < -0.4 is 5.32 Å². The fourth-order valence-electron chi connectivity index (χ4n) is 2.38. The van der Waals surface area contributed by atoms with Crippen molar-refractivity contribution in [2.45, 2.75) is 10.6 Å². The summed E-state index contributed by atoms with van der Waals surface area (Å²) in [6.45, 7) is 0. The molecule has 0 atom stereocenters. The number of hydrogen-bond acceptors (Lipinski definition) is 5. The highest BCUT2D eigenvalue weighted by Gasteiger charge is 2.27. The minimum Gasteiger partial charge on any atom is -0.355 e. The summed E-state index contributed by atoms with van der Waals surface area (Å²) in [5.41, 5.74) is 2.14. The van der Waals surface area contributed by atoms with E-state index in [9.17, 15) is 4.79 Å². The molecule has 1 aliphatic rings. The Morgan fingerprint density at radius 3 is 2.91 bits per heavy atom. The number of aromatic nitrogens is 2. The molecule has 2 aromatic heterocycles. The molecule has 0 radical (unpaired) electrons. The average molecular weight is 309 g/mol. The van der Waals surface area contributed by atoms with Gasteiger partial charge in [0.2, 0.25) is 0 Å². The Balaban J connectivity index is 1.69. The van der Waals surface area contributed by atoms with Crippen LogP contribution in [0, 0.1) is 0 Å². The zero-order valence-electron chi connectivity index (χ0n) is 11.4. The molecule has 0 saturated heterocycles. The van der Waals surface area contributed by atoms with Gasteiger partial charge in [0, 0.05) is 28.0 Å². The molecule has 0 saturated carbocycles. The predicted molar refractivity (Wildman–Crippen MR) is 83.7 cm³/mol. The van der Waals surface area contributed by atoms with Gasteiger partial charge in [0.25, 0.3) is 5.91 Å². The van der Waals surface area contributed by atoms with Crippen molar-refractivity contribution in [2.75, 3.05) is 5.32 Å². The molecule has 6 heteroatoms. The Labute approximate surface area is 130 Å². The summed E-state index contributed by atoms with van der Waals surface area (Å²) in [5.74, 6) is 1.54. The van der Waals surface area contributed by atoms with E-state index in [1.165, 1.54) is 0 Å². The van der Waals surface area contributed by atoms with Gasteiger partial charge in [-0.2, -0.15) is 0 Å². The first kappa shape index (κ1) is 13.1. The maximum atomic E-state index is 12.4. The molecular formula is C16H11N3O2S. The minimum atomic E-state index is -0.302. The van der Waals surface area contributed by atoms with Crippen molar-refractivity contribution in [3.05, 3.63) is 59.9 Å². The van der Waals surface area contributed by atoms with E-state index >= 15 is 0 Å². The van der Waals surface area contributed by atoms with Gasteiger partial charge in [0.05, 0.1) is 0 Å². The number of anilines is 1. The fourth-order valence-corrected chi connectivity index (χ4v) is 3.43. The van der Waals surface area contributed by atoms with Gasteiger partial charge in [0.1, 0.15) is 5.82 Å². The lowest BCUT2D eigenvalue weighted by molar-refractivity contribution is 0.101. The molecule has 1 aliphatic heterocycles. The molecule has 1 amide bonds. The van der Waals surface area contributed by atoms with E-state index < -0.39 is 0 Å². The van der Waals surface area contributed by atoms with Crippen molar-refractivity contribution in [1.29, 1.82) is 0 Å². The van der Waals surface area contributed by atoms with Crippen molar-refractivity contribution in [3.63, 3.8) is 0 Å². The quantitative estimate of drug-likeness (QED) is 0.783. The van der Waals surface area contributed by atoms with Crippen molar-refractivity contribution in [2.24, 2.45) is 0 Å². The second-order valence-electron chi connectivity index (χ2n) is 4.79. The molecule has 5 nitrogen and oxygen atoms in total. The maximum absolute atomic E-state index is 12.4. The summed E-state index contributed by atoms with van der Waals surface area (Å²) < 4.78 is 5.43. The molecule has 0 spiro atoms. The van der Waals surface area contributed by atoms with Crippen LogP contribution in [0.4, 0.5) is 5.82 Å². The molecule has 22 heavy (non-hydrogen) atoms. The van der Waals surface area contributed by atoms with Gasteiger partial charge in [0.15, 0.2) is 11.5 Å². The Hall–Kier alpha value is -2.60. The minimum absolute atomic E-state index is 0.302. The van der Waals surface area contributed by atoms with E-state index in [4.69, 9.17) is 4.52 Å². The van der Waals surface area contributed by atoms with Gasteiger partial charge in [-0.05, 0) is 24.3 Å². The number of nitrogens with one attached hydrogen (secondary N) is 1. The lowest BCUT2D eigenvalue weighted by Gasteiger charge is -2.13. The number of amides is 1. The molecule has 1 N–H and O–H groups in total. The smallest absolute Gasteiger partial charge is 0.279 e. The van der Waals surface area contributed by atoms with Crippen LogP contribution in [0.2, 0.25) is 0 Å². The zero-order chi connectivity index (χ0) is 14.9. The predicted octanol–water partition coefficient (Wildman–Crippen LogP) is 3.59. The number of rotatable bonds is 2. The number of pyridine rings is 1. The Kier molecular flexibility index (Phi) is 3.16. The molecule has 0 bridgehead atoms. The number of carbonyl (C=O) groups excluding carboxylic acids is 1. The second kappa shape index (κ2) is 5.31. The third-order valence-electron chi connectivity index (χ3n) is 3.41. The highest BCUT2D eigenvalue weighted by molar-refractivity contribution is 7.98. The first-order valence-corrected chi connectivity index (χ1v) is 7.74. The number of hydrogen-bond donors (Lipinski definition) is 1. The summed E-state index contributed by atoms with van der Waals surface area (Å²) in [4.78, 5) is 17.6. The molecule has 0 aliphatic carbocycles. The monoisotopic (exact) mass is 309 g/mol. The first-order chi connectivity index (χ1) is 10.8. The summed E-state index contributed by atoms with van der Waals surface area (Å²) >= 11 is 1.68. The SMILES string of the molecule is O=C(Nc1ccccn1)c1noc2c1CSc1ccccc1-2. The van der Waals surface area contributed by atoms with Crippen LogP contribution in [0.25, 0.3) is 11.3 Å². The number of thioether (sulfide) groups is 1. The fraction of sp³-hybridized carbons (Fsp3) is 0.0625. The van der Waals surface area contributed by atoms with Gasteiger partial charge in [-0.25, -0.2) is 4.98 Å². The highest BCUT2D eigenvalue weighted by atomic mass is 32.2. The van der Waals surface area contributed by atoms with Crippen LogP contribution >= 0.6 is 11.8 Å². The van der Waals surface area contributed by atoms with Crippen LogP contribution in [0.3, 0.4) is 0 Å². The van der Waals surface area contributed by atoms with E-state index in [1.807, 2.05) is 30.3 Å². The third kappa shape index (κ3) is 2.17. The topological polar surface area (TPSA) is 68.0 Å². The van der Waals surface area contributed by atoms with Crippen LogP contribution in [0.5, 0.6) is 0 Å². The van der Waals surface area contributed by atoms with Crippen molar-refractivity contribution >= 4 is 23.5 Å². The van der Waals surface area contributed by atoms with E-state index in [2.05, 4.69) is 15.5 Å². The van der Waals surface area contributed by atoms with E-state index in [0.29, 0.717) is 23.0 Å². The lowest BCUT2D eigenvalue weighted by Crippen LogP contribution is -2.15. The summed E-state index contributed by atoms with van der Waals surface area (Å²) in [5, 5.41) is 6.70. The molecule has 4 rings (SSSR count). The van der Waals surface area contributed by atoms with E-state index in [0.717, 1.165) is 16.0 Å². The Bertz CT molecular complexity index is 846. The van der Waals surface area contributed by atoms with Crippen molar-refractivity contribution in [1.82, 2.24) is 10.1 Å². The van der Waals surface area contributed by atoms with Crippen molar-refractivity contribution in [3.8, 4) is 11.3 Å². The van der Waals surface area contributed by atoms with Gasteiger partial charge in [-0.15, -0.1) is 11.8 Å². The summed E-state index contributed by atoms with van der Waals surface area (Å²) in [7, 11) is 0. The number of benzene rings is 1. The Morgan fingerprint density at radius 2 is 2.05 bits per heavy atom. The van der Waals surface area contributed by atoms with Crippen LogP contribution in [-0.2, 0) is 5.75 Å². The van der Waals surface area contributed by atoms with E-state index in [-0.39, 0.29) is 5.91 Å². The highest BCUT2D eigenvalue weighted by Crippen LogP contribution is 2.42. The van der Waals surface area contributed by atoms with Crippen LogP contribution in [0.1, 0.15) is 16.1 Å².